The molecule has 0 radical (unpaired) electrons. The summed E-state index contributed by atoms with van der Waals surface area (Å²) in [6, 6.07) is 4.40. The van der Waals surface area contributed by atoms with Crippen molar-refractivity contribution in [3.8, 4) is 0 Å². The molecule has 0 amide bonds. The van der Waals surface area contributed by atoms with Crippen LogP contribution in [0.15, 0.2) is 18.2 Å². The Bertz CT molecular complexity index is 431. The van der Waals surface area contributed by atoms with Gasteiger partial charge in [0.2, 0.25) is 0 Å². The number of nitrogens with two attached hydrogens (primary N) is 1. The van der Waals surface area contributed by atoms with E-state index in [2.05, 4.69) is 0 Å². The van der Waals surface area contributed by atoms with Crippen molar-refractivity contribution in [1.29, 1.82) is 0 Å². The van der Waals surface area contributed by atoms with Crippen LogP contribution in [-0.2, 0) is 11.6 Å². The summed E-state index contributed by atoms with van der Waals surface area (Å²) in [6.07, 6.45) is -0.855. The maximum atomic E-state index is 13.1. The highest BCUT2D eigenvalue weighted by atomic mass is 19.4. The zero-order valence-electron chi connectivity index (χ0n) is 10.5. The lowest BCUT2D eigenvalue weighted by molar-refractivity contribution is -0.138. The molecule has 0 aromatic heterocycles. The third kappa shape index (κ3) is 2.14. The van der Waals surface area contributed by atoms with E-state index in [1.54, 1.807) is 13.0 Å². The largest absolute Gasteiger partial charge is 0.416 e. The quantitative estimate of drug-likeness (QED) is 0.857. The molecule has 1 aromatic rings. The van der Waals surface area contributed by atoms with E-state index < -0.39 is 17.2 Å². The van der Waals surface area contributed by atoms with E-state index in [0.29, 0.717) is 17.7 Å². The van der Waals surface area contributed by atoms with Crippen molar-refractivity contribution in [3.63, 3.8) is 0 Å². The molecule has 2 N–H and O–H groups in total. The van der Waals surface area contributed by atoms with Crippen LogP contribution < -0.4 is 5.73 Å². The van der Waals surface area contributed by atoms with E-state index in [-0.39, 0.29) is 0 Å². The number of rotatable bonds is 2. The minimum Gasteiger partial charge on any atom is -0.330 e. The summed E-state index contributed by atoms with van der Waals surface area (Å²) in [5.41, 5.74) is 5.97. The van der Waals surface area contributed by atoms with Crippen molar-refractivity contribution >= 4 is 0 Å². The predicted octanol–water partition coefficient (Wildman–Crippen LogP) is 3.78. The lowest BCUT2D eigenvalue weighted by atomic mass is 9.74. The van der Waals surface area contributed by atoms with Gasteiger partial charge in [0, 0.05) is 12.0 Å². The van der Waals surface area contributed by atoms with Crippen molar-refractivity contribution in [2.45, 2.75) is 44.2 Å². The molecule has 4 heteroatoms. The topological polar surface area (TPSA) is 26.0 Å². The molecule has 0 unspecified atom stereocenters. The molecule has 1 fully saturated rings. The molecule has 0 heterocycles. The van der Waals surface area contributed by atoms with E-state index in [4.69, 9.17) is 5.73 Å². The van der Waals surface area contributed by atoms with Gasteiger partial charge in [-0.25, -0.2) is 0 Å². The van der Waals surface area contributed by atoms with Crippen molar-refractivity contribution in [3.05, 3.63) is 34.9 Å². The second-order valence-corrected chi connectivity index (χ2v) is 5.19. The third-order valence-electron chi connectivity index (χ3n) is 4.06. The van der Waals surface area contributed by atoms with Gasteiger partial charge in [-0.1, -0.05) is 25.0 Å². The monoisotopic (exact) mass is 257 g/mol. The molecule has 0 spiro atoms. The fourth-order valence-corrected chi connectivity index (χ4v) is 3.22. The number of hydrogen-bond donors (Lipinski definition) is 1. The van der Waals surface area contributed by atoms with Gasteiger partial charge >= 0.3 is 6.18 Å². The molecule has 0 aliphatic heterocycles. The normalized spacial score (nSPS) is 19.2. The zero-order chi connectivity index (χ0) is 13.4. The molecule has 100 valence electrons. The summed E-state index contributed by atoms with van der Waals surface area (Å²) < 4.78 is 39.4. The second-order valence-electron chi connectivity index (χ2n) is 5.19. The van der Waals surface area contributed by atoms with Crippen LogP contribution in [0.5, 0.6) is 0 Å². The van der Waals surface area contributed by atoms with Gasteiger partial charge in [-0.2, -0.15) is 13.2 Å². The number of aryl methyl sites for hydroxylation is 1. The van der Waals surface area contributed by atoms with Gasteiger partial charge in [0.1, 0.15) is 0 Å². The number of benzene rings is 1. The van der Waals surface area contributed by atoms with Crippen molar-refractivity contribution in [2.24, 2.45) is 5.73 Å². The van der Waals surface area contributed by atoms with Crippen LogP contribution in [0.25, 0.3) is 0 Å². The molecule has 1 aliphatic carbocycles. The molecule has 0 saturated heterocycles. The standard InChI is InChI=1S/C14H18F3N/c1-10-5-4-6-11(14(15,16)17)12(10)13(9-18)7-2-3-8-13/h4-6H,2-3,7-9,18H2,1H3. The number of alkyl halides is 3. The SMILES string of the molecule is Cc1cccc(C(F)(F)F)c1C1(CN)CCCC1. The van der Waals surface area contributed by atoms with Crippen LogP contribution in [0, 0.1) is 6.92 Å². The number of hydrogen-bond acceptors (Lipinski definition) is 1. The molecule has 0 atom stereocenters. The summed E-state index contributed by atoms with van der Waals surface area (Å²) in [7, 11) is 0. The summed E-state index contributed by atoms with van der Waals surface area (Å²) in [6.45, 7) is 2.04. The van der Waals surface area contributed by atoms with Crippen LogP contribution in [0.4, 0.5) is 13.2 Å². The highest BCUT2D eigenvalue weighted by molar-refractivity contribution is 5.43. The second kappa shape index (κ2) is 4.57. The van der Waals surface area contributed by atoms with Gasteiger partial charge in [-0.3, -0.25) is 0 Å². The van der Waals surface area contributed by atoms with Crippen molar-refractivity contribution in [1.82, 2.24) is 0 Å². The highest BCUT2D eigenvalue weighted by Gasteiger charge is 2.43. The molecule has 0 bridgehead atoms. The van der Waals surface area contributed by atoms with Gasteiger partial charge in [0.25, 0.3) is 0 Å². The lowest BCUT2D eigenvalue weighted by Crippen LogP contribution is -2.35. The lowest BCUT2D eigenvalue weighted by Gasteiger charge is -2.32. The summed E-state index contributed by atoms with van der Waals surface area (Å²) >= 11 is 0. The molecule has 1 aliphatic rings. The highest BCUT2D eigenvalue weighted by Crippen LogP contribution is 2.46. The first-order valence-corrected chi connectivity index (χ1v) is 6.28. The first-order chi connectivity index (χ1) is 8.41. The smallest absolute Gasteiger partial charge is 0.330 e. The molecule has 1 saturated carbocycles. The van der Waals surface area contributed by atoms with Crippen LogP contribution in [0.3, 0.4) is 0 Å². The molecule has 2 rings (SSSR count). The molecular formula is C14H18F3N. The Morgan fingerprint density at radius 3 is 2.33 bits per heavy atom. The summed E-state index contributed by atoms with van der Waals surface area (Å²) in [5, 5.41) is 0. The van der Waals surface area contributed by atoms with Gasteiger partial charge in [0.15, 0.2) is 0 Å². The number of halogens is 3. The van der Waals surface area contributed by atoms with Gasteiger partial charge < -0.3 is 5.73 Å². The Balaban J connectivity index is 2.62. The Labute approximate surface area is 105 Å². The Kier molecular flexibility index (Phi) is 3.41. The Morgan fingerprint density at radius 2 is 1.83 bits per heavy atom. The fraction of sp³-hybridized carbons (Fsp3) is 0.571. The van der Waals surface area contributed by atoms with Crippen molar-refractivity contribution in [2.75, 3.05) is 6.54 Å². The zero-order valence-corrected chi connectivity index (χ0v) is 10.5. The predicted molar refractivity (Wildman–Crippen MR) is 65.4 cm³/mol. The minimum atomic E-state index is -4.30. The molecule has 1 nitrogen and oxygen atoms in total. The first-order valence-electron chi connectivity index (χ1n) is 6.28. The van der Waals surface area contributed by atoms with Gasteiger partial charge in [-0.05, 0) is 37.0 Å². The van der Waals surface area contributed by atoms with E-state index in [1.165, 1.54) is 12.1 Å². The van der Waals surface area contributed by atoms with Crippen LogP contribution >= 0.6 is 0 Å². The van der Waals surface area contributed by atoms with Crippen LogP contribution in [-0.4, -0.2) is 6.54 Å². The maximum Gasteiger partial charge on any atom is 0.416 e. The first kappa shape index (κ1) is 13.4. The van der Waals surface area contributed by atoms with Crippen LogP contribution in [0.2, 0.25) is 0 Å². The van der Waals surface area contributed by atoms with E-state index in [9.17, 15) is 13.2 Å². The maximum absolute atomic E-state index is 13.1. The fourth-order valence-electron chi connectivity index (χ4n) is 3.22. The Hall–Kier alpha value is -1.03. The molecule has 18 heavy (non-hydrogen) atoms. The molecular weight excluding hydrogens is 239 g/mol. The average molecular weight is 257 g/mol. The summed E-state index contributed by atoms with van der Waals surface area (Å²) in [4.78, 5) is 0. The third-order valence-corrected chi connectivity index (χ3v) is 4.06. The summed E-state index contributed by atoms with van der Waals surface area (Å²) in [5.74, 6) is 0. The van der Waals surface area contributed by atoms with Crippen molar-refractivity contribution < 1.29 is 13.2 Å². The van der Waals surface area contributed by atoms with E-state index >= 15 is 0 Å². The average Bonchev–Trinajstić information content (AvgIpc) is 2.77. The Morgan fingerprint density at radius 1 is 1.22 bits per heavy atom. The van der Waals surface area contributed by atoms with Gasteiger partial charge in [-0.15, -0.1) is 0 Å². The van der Waals surface area contributed by atoms with E-state index in [0.717, 1.165) is 25.7 Å². The minimum absolute atomic E-state index is 0.293. The van der Waals surface area contributed by atoms with E-state index in [1.807, 2.05) is 0 Å². The van der Waals surface area contributed by atoms with Crippen LogP contribution in [0.1, 0.15) is 42.4 Å². The van der Waals surface area contributed by atoms with Gasteiger partial charge in [0.05, 0.1) is 5.56 Å². The molecule has 1 aromatic carbocycles.